The van der Waals surface area contributed by atoms with Gasteiger partial charge in [-0.3, -0.25) is 9.69 Å². The van der Waals surface area contributed by atoms with E-state index in [0.29, 0.717) is 16.5 Å². The second-order valence-corrected chi connectivity index (χ2v) is 5.59. The maximum Gasteiger partial charge on any atom is 0.350 e. The minimum absolute atomic E-state index is 0.0325. The molecule has 1 saturated heterocycles. The van der Waals surface area contributed by atoms with Gasteiger partial charge in [0.1, 0.15) is 5.82 Å². The predicted molar refractivity (Wildman–Crippen MR) is 89.4 cm³/mol. The van der Waals surface area contributed by atoms with Crippen LogP contribution >= 0.6 is 11.6 Å². The second-order valence-electron chi connectivity index (χ2n) is 5.15. The van der Waals surface area contributed by atoms with Gasteiger partial charge in [-0.25, -0.2) is 19.7 Å². The Morgan fingerprint density at radius 3 is 2.71 bits per heavy atom. The lowest BCUT2D eigenvalue weighted by molar-refractivity contribution is -0.129. The minimum atomic E-state index is -0.743. The van der Waals surface area contributed by atoms with Crippen LogP contribution in [-0.2, 0) is 9.63 Å². The number of hydrogen-bond acceptors (Lipinski definition) is 4. The van der Waals surface area contributed by atoms with Gasteiger partial charge in [0, 0.05) is 24.0 Å². The van der Waals surface area contributed by atoms with E-state index in [2.05, 4.69) is 10.3 Å². The number of rotatable bonds is 4. The number of halogens is 1. The summed E-state index contributed by atoms with van der Waals surface area (Å²) in [5.74, 6) is 0.138. The van der Waals surface area contributed by atoms with Gasteiger partial charge >= 0.3 is 6.03 Å². The lowest BCUT2D eigenvalue weighted by atomic mass is 10.2. The molecule has 124 valence electrons. The fraction of sp³-hybridized carbons (Fsp3) is 0.188. The van der Waals surface area contributed by atoms with Crippen LogP contribution in [0.5, 0.6) is 0 Å². The number of aromatic nitrogens is 1. The van der Waals surface area contributed by atoms with Gasteiger partial charge in [-0.05, 0) is 36.4 Å². The molecular weight excluding hydrogens is 332 g/mol. The smallest absolute Gasteiger partial charge is 0.311 e. The summed E-state index contributed by atoms with van der Waals surface area (Å²) in [6.07, 6.45) is 0.807. The second kappa shape index (κ2) is 6.86. The molecule has 0 unspecified atom stereocenters. The van der Waals surface area contributed by atoms with Gasteiger partial charge in [-0.15, -0.1) is 0 Å². The van der Waals surface area contributed by atoms with Gasteiger partial charge in [-0.1, -0.05) is 17.7 Å². The molecule has 0 spiro atoms. The van der Waals surface area contributed by atoms with Gasteiger partial charge in [-0.2, -0.15) is 0 Å². The highest BCUT2D eigenvalue weighted by Gasteiger charge is 2.39. The molecule has 3 amide bonds. The van der Waals surface area contributed by atoms with E-state index in [1.807, 2.05) is 0 Å². The molecule has 1 N–H and O–H groups in total. The number of carbonyl (C=O) groups excluding carboxylic acids is 2. The monoisotopic (exact) mass is 346 g/mol. The van der Waals surface area contributed by atoms with Gasteiger partial charge < -0.3 is 5.32 Å². The Morgan fingerprint density at radius 2 is 2.04 bits per heavy atom. The van der Waals surface area contributed by atoms with E-state index in [4.69, 9.17) is 16.4 Å². The molecule has 0 radical (unpaired) electrons. The SMILES string of the molecule is CN1O[C@H](CC(=O)Nc2ccccn2)N(c2ccc(Cl)cc2)C1=O. The van der Waals surface area contributed by atoms with Crippen molar-refractivity contribution in [2.24, 2.45) is 0 Å². The molecule has 1 aliphatic rings. The summed E-state index contributed by atoms with van der Waals surface area (Å²) in [5, 5.41) is 4.34. The Morgan fingerprint density at radius 1 is 1.29 bits per heavy atom. The van der Waals surface area contributed by atoms with Crippen molar-refractivity contribution in [3.05, 3.63) is 53.7 Å². The first-order valence-corrected chi connectivity index (χ1v) is 7.62. The molecule has 0 aliphatic carbocycles. The van der Waals surface area contributed by atoms with E-state index in [0.717, 1.165) is 5.06 Å². The molecule has 1 aromatic carbocycles. The number of nitrogens with zero attached hydrogens (tertiary/aromatic N) is 3. The largest absolute Gasteiger partial charge is 0.350 e. The van der Waals surface area contributed by atoms with Crippen LogP contribution in [0.1, 0.15) is 6.42 Å². The lowest BCUT2D eigenvalue weighted by Crippen LogP contribution is -2.36. The Labute approximate surface area is 143 Å². The molecule has 1 fully saturated rings. The van der Waals surface area contributed by atoms with Crippen molar-refractivity contribution in [2.45, 2.75) is 12.6 Å². The van der Waals surface area contributed by atoms with Crippen molar-refractivity contribution in [1.82, 2.24) is 10.0 Å². The quantitative estimate of drug-likeness (QED) is 0.923. The Balaban J connectivity index is 1.74. The molecular formula is C16H15ClN4O3. The predicted octanol–water partition coefficient (Wildman–Crippen LogP) is 2.89. The topological polar surface area (TPSA) is 74.8 Å². The molecule has 1 atom stereocenters. The number of amides is 3. The van der Waals surface area contributed by atoms with E-state index in [9.17, 15) is 9.59 Å². The number of hydrogen-bond donors (Lipinski definition) is 1. The van der Waals surface area contributed by atoms with Crippen LogP contribution in [0.15, 0.2) is 48.7 Å². The number of pyridine rings is 1. The number of benzene rings is 1. The summed E-state index contributed by atoms with van der Waals surface area (Å²) < 4.78 is 0. The molecule has 1 aliphatic heterocycles. The van der Waals surface area contributed by atoms with Crippen LogP contribution in [0.25, 0.3) is 0 Å². The van der Waals surface area contributed by atoms with Crippen molar-refractivity contribution in [1.29, 1.82) is 0 Å². The summed E-state index contributed by atoms with van der Waals surface area (Å²) >= 11 is 5.88. The van der Waals surface area contributed by atoms with Crippen LogP contribution in [0.4, 0.5) is 16.3 Å². The first-order chi connectivity index (χ1) is 11.5. The summed E-state index contributed by atoms with van der Waals surface area (Å²) in [6, 6.07) is 11.6. The Bertz CT molecular complexity index is 739. The zero-order valence-corrected chi connectivity index (χ0v) is 13.6. The van der Waals surface area contributed by atoms with Gasteiger partial charge in [0.15, 0.2) is 6.23 Å². The van der Waals surface area contributed by atoms with E-state index in [1.54, 1.807) is 48.7 Å². The highest BCUT2D eigenvalue weighted by atomic mass is 35.5. The van der Waals surface area contributed by atoms with Crippen LogP contribution in [0, 0.1) is 0 Å². The zero-order chi connectivity index (χ0) is 17.1. The van der Waals surface area contributed by atoms with Crippen molar-refractivity contribution in [3.63, 3.8) is 0 Å². The Kier molecular flexibility index (Phi) is 4.64. The van der Waals surface area contributed by atoms with Crippen LogP contribution in [0.2, 0.25) is 5.02 Å². The van der Waals surface area contributed by atoms with Crippen molar-refractivity contribution in [2.75, 3.05) is 17.3 Å². The van der Waals surface area contributed by atoms with Crippen molar-refractivity contribution in [3.8, 4) is 0 Å². The molecule has 3 rings (SSSR count). The lowest BCUT2D eigenvalue weighted by Gasteiger charge is -2.20. The summed E-state index contributed by atoms with van der Waals surface area (Å²) in [6.45, 7) is 0. The normalized spacial score (nSPS) is 17.2. The first kappa shape index (κ1) is 16.2. The molecule has 2 heterocycles. The van der Waals surface area contributed by atoms with E-state index < -0.39 is 6.23 Å². The zero-order valence-electron chi connectivity index (χ0n) is 12.8. The van der Waals surface area contributed by atoms with E-state index in [1.165, 1.54) is 11.9 Å². The van der Waals surface area contributed by atoms with E-state index in [-0.39, 0.29) is 18.4 Å². The third-order valence-electron chi connectivity index (χ3n) is 3.44. The maximum atomic E-state index is 12.3. The fourth-order valence-corrected chi connectivity index (χ4v) is 2.47. The highest BCUT2D eigenvalue weighted by molar-refractivity contribution is 6.30. The summed E-state index contributed by atoms with van der Waals surface area (Å²) in [4.78, 5) is 35.4. The minimum Gasteiger partial charge on any atom is -0.311 e. The first-order valence-electron chi connectivity index (χ1n) is 7.25. The van der Waals surface area contributed by atoms with Crippen LogP contribution in [0.3, 0.4) is 0 Å². The highest BCUT2D eigenvalue weighted by Crippen LogP contribution is 2.28. The van der Waals surface area contributed by atoms with E-state index >= 15 is 0 Å². The standard InChI is InChI=1S/C16H15ClN4O3/c1-20-16(23)21(12-7-5-11(17)6-8-12)15(24-20)10-14(22)19-13-4-2-3-9-18-13/h2-9,15H,10H2,1H3,(H,18,19,22)/t15-/m1/s1. The van der Waals surface area contributed by atoms with Crippen molar-refractivity contribution < 1.29 is 14.4 Å². The van der Waals surface area contributed by atoms with Crippen LogP contribution < -0.4 is 10.2 Å². The molecule has 24 heavy (non-hydrogen) atoms. The average molecular weight is 347 g/mol. The maximum absolute atomic E-state index is 12.3. The molecule has 0 saturated carbocycles. The third-order valence-corrected chi connectivity index (χ3v) is 3.69. The molecule has 0 bridgehead atoms. The molecule has 7 nitrogen and oxygen atoms in total. The number of carbonyl (C=O) groups is 2. The average Bonchev–Trinajstić information content (AvgIpc) is 2.83. The Hall–Kier alpha value is -2.64. The van der Waals surface area contributed by atoms with Crippen LogP contribution in [-0.4, -0.2) is 35.3 Å². The number of hydroxylamine groups is 2. The summed E-state index contributed by atoms with van der Waals surface area (Å²) in [7, 11) is 1.50. The fourth-order valence-electron chi connectivity index (χ4n) is 2.35. The molecule has 8 heteroatoms. The van der Waals surface area contributed by atoms with Gasteiger partial charge in [0.2, 0.25) is 5.91 Å². The molecule has 2 aromatic rings. The third kappa shape index (κ3) is 3.47. The van der Waals surface area contributed by atoms with Gasteiger partial charge in [0.25, 0.3) is 0 Å². The number of urea groups is 1. The summed E-state index contributed by atoms with van der Waals surface area (Å²) in [5.41, 5.74) is 0.601. The van der Waals surface area contributed by atoms with Gasteiger partial charge in [0.05, 0.1) is 6.42 Å². The number of anilines is 2. The molecule has 1 aromatic heterocycles. The van der Waals surface area contributed by atoms with Crippen molar-refractivity contribution >= 4 is 35.0 Å². The number of nitrogens with one attached hydrogen (secondary N) is 1.